The fourth-order valence-electron chi connectivity index (χ4n) is 1.90. The highest BCUT2D eigenvalue weighted by atomic mass is 19.1. The van der Waals surface area contributed by atoms with Crippen LogP contribution in [0.4, 0.5) is 26.2 Å². The lowest BCUT2D eigenvalue weighted by Crippen LogP contribution is -2.05. The Morgan fingerprint density at radius 1 is 0.870 bits per heavy atom. The van der Waals surface area contributed by atoms with Gasteiger partial charge in [-0.3, -0.25) is 0 Å². The molecule has 0 saturated carbocycles. The molecule has 3 aromatic rings. The maximum atomic E-state index is 12.9. The first-order valence-electron chi connectivity index (χ1n) is 6.90. The fourth-order valence-corrected chi connectivity index (χ4v) is 1.90. The number of nitrogens with one attached hydrogen (secondary N) is 2. The maximum absolute atomic E-state index is 12.9. The van der Waals surface area contributed by atoms with E-state index >= 15 is 0 Å². The summed E-state index contributed by atoms with van der Waals surface area (Å²) in [6, 6.07) is 12.0. The minimum atomic E-state index is -0.315. The number of hydrogen-bond donors (Lipinski definition) is 2. The fraction of sp³-hybridized carbons (Fsp3) is 0.0625. The number of benzene rings is 2. The highest BCUT2D eigenvalue weighted by Gasteiger charge is 2.02. The van der Waals surface area contributed by atoms with Gasteiger partial charge in [0.05, 0.1) is 6.20 Å². The molecule has 2 N–H and O–H groups in total. The van der Waals surface area contributed by atoms with E-state index < -0.39 is 0 Å². The van der Waals surface area contributed by atoms with Crippen LogP contribution in [0.25, 0.3) is 0 Å². The lowest BCUT2D eigenvalue weighted by Gasteiger charge is -2.08. The van der Waals surface area contributed by atoms with Gasteiger partial charge in [-0.25, -0.2) is 8.78 Å². The summed E-state index contributed by atoms with van der Waals surface area (Å²) < 4.78 is 25.7. The third-order valence-electron chi connectivity index (χ3n) is 3.05. The Kier molecular flexibility index (Phi) is 4.37. The first-order chi connectivity index (χ1) is 11.2. The van der Waals surface area contributed by atoms with Gasteiger partial charge in [-0.05, 0) is 42.0 Å². The van der Waals surface area contributed by atoms with E-state index in [4.69, 9.17) is 0 Å². The first kappa shape index (κ1) is 14.8. The number of aromatic nitrogens is 3. The molecule has 0 unspecified atom stereocenters. The van der Waals surface area contributed by atoms with Gasteiger partial charge in [-0.1, -0.05) is 12.1 Å². The maximum Gasteiger partial charge on any atom is 0.249 e. The van der Waals surface area contributed by atoms with Crippen molar-refractivity contribution >= 4 is 17.5 Å². The normalized spacial score (nSPS) is 10.3. The van der Waals surface area contributed by atoms with Crippen molar-refractivity contribution in [2.45, 2.75) is 6.54 Å². The highest BCUT2D eigenvalue weighted by molar-refractivity contribution is 5.53. The quantitative estimate of drug-likeness (QED) is 0.755. The molecule has 0 aliphatic heterocycles. The summed E-state index contributed by atoms with van der Waals surface area (Å²) >= 11 is 0. The molecule has 0 bridgehead atoms. The molecule has 0 spiro atoms. The zero-order chi connectivity index (χ0) is 16.1. The van der Waals surface area contributed by atoms with Gasteiger partial charge in [0.25, 0.3) is 0 Å². The molecule has 0 saturated heterocycles. The number of anilines is 3. The summed E-state index contributed by atoms with van der Waals surface area (Å²) in [5.74, 6) is 0.224. The van der Waals surface area contributed by atoms with E-state index in [-0.39, 0.29) is 11.6 Å². The van der Waals surface area contributed by atoms with E-state index in [2.05, 4.69) is 25.8 Å². The lowest BCUT2D eigenvalue weighted by atomic mass is 10.2. The standard InChI is InChI=1S/C16H13F2N5/c17-12-3-1-11(2-4-12)9-19-15-10-20-23-16(22-15)21-14-7-5-13(18)6-8-14/h1-8,10H,9H2,(H2,19,21,22,23). The molecule has 0 atom stereocenters. The molecule has 5 nitrogen and oxygen atoms in total. The number of rotatable bonds is 5. The monoisotopic (exact) mass is 313 g/mol. The first-order valence-corrected chi connectivity index (χ1v) is 6.90. The van der Waals surface area contributed by atoms with Gasteiger partial charge in [-0.15, -0.1) is 5.10 Å². The van der Waals surface area contributed by atoms with Crippen LogP contribution in [-0.2, 0) is 6.54 Å². The minimum absolute atomic E-state index is 0.275. The molecule has 7 heteroatoms. The Bertz CT molecular complexity index is 775. The molecule has 0 aliphatic carbocycles. The zero-order valence-electron chi connectivity index (χ0n) is 12.0. The second kappa shape index (κ2) is 6.78. The third-order valence-corrected chi connectivity index (χ3v) is 3.05. The van der Waals surface area contributed by atoms with Gasteiger partial charge in [0.15, 0.2) is 5.82 Å². The molecule has 0 aliphatic rings. The number of hydrogen-bond acceptors (Lipinski definition) is 5. The van der Waals surface area contributed by atoms with Gasteiger partial charge in [0.2, 0.25) is 5.95 Å². The summed E-state index contributed by atoms with van der Waals surface area (Å²) in [4.78, 5) is 4.26. The predicted molar refractivity (Wildman–Crippen MR) is 83.2 cm³/mol. The Labute approximate surface area is 131 Å². The number of halogens is 2. The zero-order valence-corrected chi connectivity index (χ0v) is 12.0. The van der Waals surface area contributed by atoms with Crippen LogP contribution in [0.1, 0.15) is 5.56 Å². The van der Waals surface area contributed by atoms with E-state index in [1.54, 1.807) is 24.3 Å². The minimum Gasteiger partial charge on any atom is -0.365 e. The van der Waals surface area contributed by atoms with E-state index in [0.717, 1.165) is 5.56 Å². The molecule has 116 valence electrons. The molecular formula is C16H13F2N5. The van der Waals surface area contributed by atoms with Crippen molar-refractivity contribution in [2.24, 2.45) is 0 Å². The van der Waals surface area contributed by atoms with Crippen molar-refractivity contribution in [1.82, 2.24) is 15.2 Å². The van der Waals surface area contributed by atoms with Crippen molar-refractivity contribution < 1.29 is 8.78 Å². The molecule has 3 rings (SSSR count). The van der Waals surface area contributed by atoms with E-state index in [9.17, 15) is 8.78 Å². The van der Waals surface area contributed by atoms with Crippen LogP contribution in [0, 0.1) is 11.6 Å². The lowest BCUT2D eigenvalue weighted by molar-refractivity contribution is 0.627. The van der Waals surface area contributed by atoms with E-state index in [0.29, 0.717) is 24.0 Å². The largest absolute Gasteiger partial charge is 0.365 e. The molecule has 1 heterocycles. The van der Waals surface area contributed by atoms with Crippen LogP contribution < -0.4 is 10.6 Å². The van der Waals surface area contributed by atoms with E-state index in [1.807, 2.05) is 0 Å². The van der Waals surface area contributed by atoms with Gasteiger partial charge < -0.3 is 10.6 Å². The molecule has 0 fully saturated rings. The SMILES string of the molecule is Fc1ccc(CNc2cnnc(Nc3ccc(F)cc3)n2)cc1. The van der Waals surface area contributed by atoms with Crippen LogP contribution >= 0.6 is 0 Å². The Hall–Kier alpha value is -3.09. The Balaban J connectivity index is 1.65. The van der Waals surface area contributed by atoms with Crippen LogP contribution in [0.15, 0.2) is 54.7 Å². The van der Waals surface area contributed by atoms with Crippen LogP contribution in [-0.4, -0.2) is 15.2 Å². The summed E-state index contributed by atoms with van der Waals surface area (Å²) in [7, 11) is 0. The average molecular weight is 313 g/mol. The van der Waals surface area contributed by atoms with Gasteiger partial charge >= 0.3 is 0 Å². The predicted octanol–water partition coefficient (Wildman–Crippen LogP) is 3.51. The summed E-state index contributed by atoms with van der Waals surface area (Å²) in [6.07, 6.45) is 1.49. The van der Waals surface area contributed by atoms with Crippen LogP contribution in [0.2, 0.25) is 0 Å². The molecule has 0 radical (unpaired) electrons. The van der Waals surface area contributed by atoms with Gasteiger partial charge in [0.1, 0.15) is 11.6 Å². The Morgan fingerprint density at radius 2 is 1.52 bits per heavy atom. The van der Waals surface area contributed by atoms with Gasteiger partial charge in [-0.2, -0.15) is 10.1 Å². The van der Waals surface area contributed by atoms with Crippen molar-refractivity contribution in [3.8, 4) is 0 Å². The third kappa shape index (κ3) is 4.19. The van der Waals surface area contributed by atoms with Crippen molar-refractivity contribution in [1.29, 1.82) is 0 Å². The second-order valence-electron chi connectivity index (χ2n) is 4.78. The Morgan fingerprint density at radius 3 is 2.22 bits per heavy atom. The van der Waals surface area contributed by atoms with Gasteiger partial charge in [0, 0.05) is 12.2 Å². The second-order valence-corrected chi connectivity index (χ2v) is 4.78. The summed E-state index contributed by atoms with van der Waals surface area (Å²) in [5, 5.41) is 13.7. The summed E-state index contributed by atoms with van der Waals surface area (Å²) in [6.45, 7) is 0.481. The molecule has 1 aromatic heterocycles. The molecule has 2 aromatic carbocycles. The number of nitrogens with zero attached hydrogens (tertiary/aromatic N) is 3. The molecular weight excluding hydrogens is 300 g/mol. The topological polar surface area (TPSA) is 62.7 Å². The van der Waals surface area contributed by atoms with Crippen LogP contribution in [0.3, 0.4) is 0 Å². The molecule has 23 heavy (non-hydrogen) atoms. The van der Waals surface area contributed by atoms with Crippen molar-refractivity contribution in [2.75, 3.05) is 10.6 Å². The average Bonchev–Trinajstić information content (AvgIpc) is 2.57. The summed E-state index contributed by atoms with van der Waals surface area (Å²) in [5.41, 5.74) is 1.57. The van der Waals surface area contributed by atoms with E-state index in [1.165, 1.54) is 30.5 Å². The smallest absolute Gasteiger partial charge is 0.249 e. The van der Waals surface area contributed by atoms with Crippen molar-refractivity contribution in [3.63, 3.8) is 0 Å². The molecule has 0 amide bonds. The van der Waals surface area contributed by atoms with Crippen LogP contribution in [0.5, 0.6) is 0 Å². The highest BCUT2D eigenvalue weighted by Crippen LogP contribution is 2.14. The van der Waals surface area contributed by atoms with Crippen molar-refractivity contribution in [3.05, 3.63) is 71.9 Å².